The molecule has 0 radical (unpaired) electrons. The standard InChI is InChI=1S/C18H23NO5/c1-5-22-10-14-13-8-6-7-9-15(13)24-16(14)18(21)23-12(4)17(20)19-11(2)3/h6-9,11-12H,5,10H2,1-4H3,(H,19,20)/t12-/m0/s1. The molecule has 0 spiro atoms. The molecular formula is C18H23NO5. The Morgan fingerprint density at radius 1 is 1.21 bits per heavy atom. The summed E-state index contributed by atoms with van der Waals surface area (Å²) >= 11 is 0. The summed E-state index contributed by atoms with van der Waals surface area (Å²) in [4.78, 5) is 24.4. The molecule has 24 heavy (non-hydrogen) atoms. The third kappa shape index (κ3) is 4.14. The fourth-order valence-corrected chi connectivity index (χ4v) is 2.28. The van der Waals surface area contributed by atoms with Crippen molar-refractivity contribution in [3.05, 3.63) is 35.6 Å². The van der Waals surface area contributed by atoms with Crippen LogP contribution >= 0.6 is 0 Å². The zero-order chi connectivity index (χ0) is 17.7. The minimum atomic E-state index is -0.909. The highest BCUT2D eigenvalue weighted by Crippen LogP contribution is 2.27. The molecule has 0 aliphatic carbocycles. The minimum absolute atomic E-state index is 0.0293. The average Bonchev–Trinajstić information content (AvgIpc) is 2.91. The number of rotatable bonds is 7. The molecule has 0 bridgehead atoms. The molecule has 0 saturated carbocycles. The summed E-state index contributed by atoms with van der Waals surface area (Å²) in [6.45, 7) is 7.84. The number of carbonyl (C=O) groups excluding carboxylic acids is 2. The number of carbonyl (C=O) groups is 2. The smallest absolute Gasteiger partial charge is 0.375 e. The van der Waals surface area contributed by atoms with Gasteiger partial charge in [-0.1, -0.05) is 18.2 Å². The Hall–Kier alpha value is -2.34. The van der Waals surface area contributed by atoms with E-state index in [4.69, 9.17) is 13.9 Å². The normalized spacial score (nSPS) is 12.4. The van der Waals surface area contributed by atoms with Gasteiger partial charge in [-0.2, -0.15) is 0 Å². The lowest BCUT2D eigenvalue weighted by atomic mass is 10.1. The fraction of sp³-hybridized carbons (Fsp3) is 0.444. The van der Waals surface area contributed by atoms with Crippen LogP contribution in [0.4, 0.5) is 0 Å². The van der Waals surface area contributed by atoms with E-state index in [-0.39, 0.29) is 24.3 Å². The van der Waals surface area contributed by atoms with Gasteiger partial charge in [0.2, 0.25) is 5.76 Å². The number of para-hydroxylation sites is 1. The van der Waals surface area contributed by atoms with E-state index in [9.17, 15) is 9.59 Å². The van der Waals surface area contributed by atoms with E-state index in [1.54, 1.807) is 6.07 Å². The predicted molar refractivity (Wildman–Crippen MR) is 89.7 cm³/mol. The monoisotopic (exact) mass is 333 g/mol. The highest BCUT2D eigenvalue weighted by Gasteiger charge is 2.26. The van der Waals surface area contributed by atoms with Gasteiger partial charge < -0.3 is 19.2 Å². The first-order valence-electron chi connectivity index (χ1n) is 8.03. The number of hydrogen-bond acceptors (Lipinski definition) is 5. The summed E-state index contributed by atoms with van der Waals surface area (Å²) < 4.78 is 16.3. The van der Waals surface area contributed by atoms with E-state index in [0.717, 1.165) is 5.39 Å². The third-order valence-corrected chi connectivity index (χ3v) is 3.42. The van der Waals surface area contributed by atoms with Gasteiger partial charge in [0, 0.05) is 23.6 Å². The number of furan rings is 1. The molecule has 2 rings (SSSR count). The predicted octanol–water partition coefficient (Wildman–Crippen LogP) is 3.04. The minimum Gasteiger partial charge on any atom is -0.449 e. The van der Waals surface area contributed by atoms with Crippen LogP contribution in [-0.2, 0) is 20.9 Å². The number of amides is 1. The van der Waals surface area contributed by atoms with Crippen LogP contribution in [0, 0.1) is 0 Å². The first-order valence-corrected chi connectivity index (χ1v) is 8.03. The molecule has 0 aliphatic rings. The van der Waals surface area contributed by atoms with E-state index in [1.165, 1.54) is 6.92 Å². The molecule has 0 aliphatic heterocycles. The van der Waals surface area contributed by atoms with Gasteiger partial charge in [0.15, 0.2) is 6.10 Å². The van der Waals surface area contributed by atoms with Gasteiger partial charge in [-0.25, -0.2) is 4.79 Å². The molecule has 6 nitrogen and oxygen atoms in total. The lowest BCUT2D eigenvalue weighted by Gasteiger charge is -2.15. The van der Waals surface area contributed by atoms with E-state index in [1.807, 2.05) is 39.0 Å². The first kappa shape index (κ1) is 18.0. The van der Waals surface area contributed by atoms with Gasteiger partial charge in [0.1, 0.15) is 5.58 Å². The average molecular weight is 333 g/mol. The van der Waals surface area contributed by atoms with Gasteiger partial charge in [0.05, 0.1) is 6.61 Å². The van der Waals surface area contributed by atoms with Gasteiger partial charge >= 0.3 is 5.97 Å². The molecular weight excluding hydrogens is 310 g/mol. The Morgan fingerprint density at radius 2 is 1.92 bits per heavy atom. The van der Waals surface area contributed by atoms with Crippen LogP contribution in [0.1, 0.15) is 43.8 Å². The number of ether oxygens (including phenoxy) is 2. The second-order valence-corrected chi connectivity index (χ2v) is 5.75. The first-order chi connectivity index (χ1) is 11.4. The maximum atomic E-state index is 12.4. The Bertz CT molecular complexity index is 719. The summed E-state index contributed by atoms with van der Waals surface area (Å²) in [5.74, 6) is -0.943. The van der Waals surface area contributed by atoms with Gasteiger partial charge in [-0.05, 0) is 33.8 Å². The van der Waals surface area contributed by atoms with Crippen LogP contribution in [0.2, 0.25) is 0 Å². The molecule has 0 saturated heterocycles. The Balaban J connectivity index is 2.23. The van der Waals surface area contributed by atoms with Crippen molar-refractivity contribution < 1.29 is 23.5 Å². The molecule has 1 aromatic carbocycles. The summed E-state index contributed by atoms with van der Waals surface area (Å²) in [6.07, 6.45) is -0.909. The second kappa shape index (κ2) is 7.97. The van der Waals surface area contributed by atoms with Crippen molar-refractivity contribution in [2.45, 2.75) is 46.4 Å². The highest BCUT2D eigenvalue weighted by atomic mass is 16.6. The van der Waals surface area contributed by atoms with Gasteiger partial charge in [0.25, 0.3) is 5.91 Å². The van der Waals surface area contributed by atoms with E-state index >= 15 is 0 Å². The second-order valence-electron chi connectivity index (χ2n) is 5.75. The molecule has 0 fully saturated rings. The van der Waals surface area contributed by atoms with Gasteiger partial charge in [-0.3, -0.25) is 4.79 Å². The van der Waals surface area contributed by atoms with Gasteiger partial charge in [-0.15, -0.1) is 0 Å². The molecule has 1 amide bonds. The molecule has 6 heteroatoms. The van der Waals surface area contributed by atoms with Crippen molar-refractivity contribution in [3.63, 3.8) is 0 Å². The number of esters is 1. The van der Waals surface area contributed by atoms with E-state index in [2.05, 4.69) is 5.32 Å². The lowest BCUT2D eigenvalue weighted by molar-refractivity contribution is -0.129. The van der Waals surface area contributed by atoms with E-state index < -0.39 is 12.1 Å². The van der Waals surface area contributed by atoms with Crippen LogP contribution in [-0.4, -0.2) is 30.6 Å². The van der Waals surface area contributed by atoms with Crippen LogP contribution in [0.5, 0.6) is 0 Å². The summed E-state index contributed by atoms with van der Waals surface area (Å²) in [5, 5.41) is 3.51. The lowest BCUT2D eigenvalue weighted by Crippen LogP contribution is -2.39. The number of hydrogen-bond donors (Lipinski definition) is 1. The fourth-order valence-electron chi connectivity index (χ4n) is 2.28. The molecule has 1 atom stereocenters. The van der Waals surface area contributed by atoms with Crippen molar-refractivity contribution >= 4 is 22.8 Å². The molecule has 2 aromatic rings. The topological polar surface area (TPSA) is 77.8 Å². The Kier molecular flexibility index (Phi) is 5.98. The Morgan fingerprint density at radius 3 is 2.58 bits per heavy atom. The van der Waals surface area contributed by atoms with Crippen molar-refractivity contribution in [3.8, 4) is 0 Å². The van der Waals surface area contributed by atoms with Crippen molar-refractivity contribution in [2.24, 2.45) is 0 Å². The summed E-state index contributed by atoms with van der Waals surface area (Å²) in [6, 6.07) is 7.29. The van der Waals surface area contributed by atoms with Crippen LogP contribution in [0.15, 0.2) is 28.7 Å². The maximum absolute atomic E-state index is 12.4. The van der Waals surface area contributed by atoms with Crippen LogP contribution in [0.25, 0.3) is 11.0 Å². The largest absolute Gasteiger partial charge is 0.449 e. The van der Waals surface area contributed by atoms with Crippen molar-refractivity contribution in [1.29, 1.82) is 0 Å². The Labute approximate surface area is 141 Å². The van der Waals surface area contributed by atoms with Crippen LogP contribution < -0.4 is 5.32 Å². The SMILES string of the molecule is CCOCc1c(C(=O)O[C@@H](C)C(=O)NC(C)C)oc2ccccc12. The number of fused-ring (bicyclic) bond motifs is 1. The quantitative estimate of drug-likeness (QED) is 0.788. The highest BCUT2D eigenvalue weighted by molar-refractivity contribution is 5.97. The maximum Gasteiger partial charge on any atom is 0.375 e. The summed E-state index contributed by atoms with van der Waals surface area (Å²) in [7, 11) is 0. The zero-order valence-electron chi connectivity index (χ0n) is 14.4. The zero-order valence-corrected chi connectivity index (χ0v) is 14.4. The summed E-state index contributed by atoms with van der Waals surface area (Å²) in [5.41, 5.74) is 1.22. The molecule has 1 N–H and O–H groups in total. The molecule has 1 aromatic heterocycles. The number of benzene rings is 1. The van der Waals surface area contributed by atoms with Crippen LogP contribution in [0.3, 0.4) is 0 Å². The van der Waals surface area contributed by atoms with Crippen molar-refractivity contribution in [1.82, 2.24) is 5.32 Å². The van der Waals surface area contributed by atoms with E-state index in [0.29, 0.717) is 17.8 Å². The third-order valence-electron chi connectivity index (χ3n) is 3.42. The molecule has 1 heterocycles. The van der Waals surface area contributed by atoms with Crippen molar-refractivity contribution in [2.75, 3.05) is 6.61 Å². The molecule has 130 valence electrons. The number of nitrogens with one attached hydrogen (secondary N) is 1. The molecule has 0 unspecified atom stereocenters.